The number of hydrogen-bond acceptors (Lipinski definition) is 34. The third-order valence-electron chi connectivity index (χ3n) is 16.2. The zero-order valence-electron chi connectivity index (χ0n) is 66.3. The summed E-state index contributed by atoms with van der Waals surface area (Å²) in [5.74, 6) is -5.55. The first kappa shape index (κ1) is 89.9. The van der Waals surface area contributed by atoms with Crippen LogP contribution in [0, 0.1) is 20.2 Å². The van der Waals surface area contributed by atoms with Crippen molar-refractivity contribution >= 4 is 225 Å². The fraction of sp³-hybridized carbons (Fsp3) is 0. The van der Waals surface area contributed by atoms with Gasteiger partial charge in [-0.1, -0.05) is 60.7 Å². The number of rotatable bonds is 26. The number of nitro groups is 2. The molecular weight excluding hydrogens is 1800 g/mol. The summed E-state index contributed by atoms with van der Waals surface area (Å²) >= 11 is 12.2. The van der Waals surface area contributed by atoms with Crippen molar-refractivity contribution in [1.29, 1.82) is 0 Å². The Morgan fingerprint density at radius 3 is 0.967 bits per heavy atom. The summed E-state index contributed by atoms with van der Waals surface area (Å²) in [5.41, 5.74) is 0.615. The van der Waals surface area contributed by atoms with Crippen LogP contribution in [0.15, 0.2) is 197 Å². The van der Waals surface area contributed by atoms with Crippen molar-refractivity contribution in [2.45, 2.75) is 19.6 Å². The molecule has 44 nitrogen and oxygen atoms in total. The van der Waals surface area contributed by atoms with E-state index < -0.39 is 146 Å². The second kappa shape index (κ2) is 35.6. The number of ketones is 2. The average molecular weight is 1860 g/mol. The molecule has 0 saturated carbocycles. The molecule has 0 fully saturated rings. The Kier molecular flexibility index (Phi) is 26.4. The normalized spacial score (nSPS) is 13.7. The molecule has 0 radical (unpaired) electrons. The number of carbonyl (C=O) groups is 4. The molecule has 0 bridgehead atoms. The maximum Gasteiger partial charge on any atom is 1.00 e. The number of anilines is 10. The van der Waals surface area contributed by atoms with Gasteiger partial charge in [0, 0.05) is 75.5 Å². The number of benzene rings is 8. The number of carboxylic acid groups (broad SMARTS) is 2. The molecule has 53 heteroatoms. The van der Waals surface area contributed by atoms with Gasteiger partial charge in [-0.2, -0.15) is 90.6 Å². The Bertz CT molecular complexity index is 6670. The van der Waals surface area contributed by atoms with Gasteiger partial charge in [0.25, 0.3) is 72.1 Å². The third kappa shape index (κ3) is 21.9. The molecule has 0 saturated heterocycles. The van der Waals surface area contributed by atoms with E-state index in [1.807, 2.05) is 0 Å². The van der Waals surface area contributed by atoms with Crippen molar-refractivity contribution in [2.75, 3.05) is 32.1 Å². The van der Waals surface area contributed by atoms with E-state index in [4.69, 9.17) is 23.2 Å². The first-order valence-electron chi connectivity index (χ1n) is 32.3. The van der Waals surface area contributed by atoms with Crippen molar-refractivity contribution in [3.8, 4) is 0 Å². The van der Waals surface area contributed by atoms with Crippen molar-refractivity contribution in [3.63, 3.8) is 0 Å². The van der Waals surface area contributed by atoms with Crippen LogP contribution in [0.1, 0.15) is 84.8 Å². The number of allylic oxidation sites excluding steroid dienone is 2. The number of nitrogens with one attached hydrogen (secondary N) is 6. The van der Waals surface area contributed by atoms with E-state index >= 15 is 0 Å². The summed E-state index contributed by atoms with van der Waals surface area (Å²) in [5, 5.41) is 58.9. The number of non-ortho nitro benzene ring substituents is 2. The van der Waals surface area contributed by atoms with Gasteiger partial charge in [0.2, 0.25) is 45.9 Å². The van der Waals surface area contributed by atoms with Gasteiger partial charge in [0.1, 0.15) is 29.4 Å². The molecule has 2 aliphatic rings. The topological polar surface area (TPSA) is 695 Å². The average Bonchev–Trinajstić information content (AvgIpc) is 0.769. The SMILES string of the molecule is O=C1/C(=N/Nc2ccccc2C(=O)O)C(S(=O)(=O)O)=Cc2cc(Nc3nc(Cl)nc(Nc4ccc(/C=C/c5ccc([N+](=O)[O-])cc5S(=O)(=O)O)c(S(=O)(=O)O)c4)n3)ccc21.O=C1/C(=N/Nc2ccccc2C(=O)O)C(S(=O)(=O)O)=Cc2cc(Nc3nc(Cl)nc(Nc4ccc(/C=C/c5ccc([N+](=O)[O-])cc5S(=O)(=O)O)c(S(=O)(=O)O)c4)n3)ccc21.[Cr].[H+].[H+].[H+].[H+].[H+].[H+].[H+]. The van der Waals surface area contributed by atoms with Crippen molar-refractivity contribution in [1.82, 2.24) is 29.9 Å². The molecule has 0 aliphatic heterocycles. The quantitative estimate of drug-likeness (QED) is 0.0104. The Labute approximate surface area is 710 Å². The van der Waals surface area contributed by atoms with Crippen LogP contribution in [-0.4, -0.2) is 163 Å². The Morgan fingerprint density at radius 2 is 0.678 bits per heavy atom. The number of aromatic carboxylic acids is 2. The largest absolute Gasteiger partial charge is 1.00 e. The van der Waals surface area contributed by atoms with Gasteiger partial charge in [0.05, 0.1) is 32.3 Å². The van der Waals surface area contributed by atoms with Gasteiger partial charge < -0.3 is 31.5 Å². The number of carbonyl (C=O) groups excluding carboxylic acids is 2. The molecule has 14 N–H and O–H groups in total. The molecule has 121 heavy (non-hydrogen) atoms. The van der Waals surface area contributed by atoms with Crippen LogP contribution in [0.3, 0.4) is 0 Å². The summed E-state index contributed by atoms with van der Waals surface area (Å²) in [6, 6.07) is 30.9. The summed E-state index contributed by atoms with van der Waals surface area (Å²) in [6.45, 7) is 0. The summed E-state index contributed by atoms with van der Waals surface area (Å²) in [4.78, 5) is 89.7. The number of para-hydroxylation sites is 2. The summed E-state index contributed by atoms with van der Waals surface area (Å²) in [6.07, 6.45) is 6.13. The first-order valence-corrected chi connectivity index (χ1v) is 41.7. The maximum atomic E-state index is 13.4. The Balaban J connectivity index is 0.000000621. The van der Waals surface area contributed by atoms with Crippen LogP contribution < -0.4 is 32.1 Å². The number of fused-ring (bicyclic) bond motifs is 2. The molecule has 0 amide bonds. The van der Waals surface area contributed by atoms with E-state index in [0.29, 0.717) is 12.1 Å². The minimum atomic E-state index is -5.07. The molecule has 622 valence electrons. The number of aromatic nitrogens is 6. The van der Waals surface area contributed by atoms with Crippen LogP contribution in [0.4, 0.5) is 69.3 Å². The number of Topliss-reactive ketones (excluding diaryl/α,β-unsaturated/α-hetero) is 2. The van der Waals surface area contributed by atoms with Gasteiger partial charge in [-0.25, -0.2) is 9.59 Å². The molecule has 2 heterocycles. The number of hydrazone groups is 2. The van der Waals surface area contributed by atoms with Gasteiger partial charge in [-0.05, 0) is 166 Å². The van der Waals surface area contributed by atoms with Crippen LogP contribution >= 0.6 is 23.2 Å². The van der Waals surface area contributed by atoms with Crippen molar-refractivity contribution < 1.29 is 144 Å². The molecule has 12 rings (SSSR count). The number of nitro benzene ring substituents is 2. The smallest absolute Gasteiger partial charge is 0.478 e. The third-order valence-corrected chi connectivity index (χ3v) is 21.9. The van der Waals surface area contributed by atoms with Gasteiger partial charge in [0.15, 0.2) is 11.4 Å². The fourth-order valence-corrected chi connectivity index (χ4v) is 15.4. The van der Waals surface area contributed by atoms with Gasteiger partial charge >= 0.3 is 21.9 Å². The molecule has 2 aliphatic carbocycles. The van der Waals surface area contributed by atoms with Crippen LogP contribution in [0.5, 0.6) is 0 Å². The molecule has 2 aromatic heterocycles. The predicted molar refractivity (Wildman–Crippen MR) is 436 cm³/mol. The Hall–Kier alpha value is -13.5. The summed E-state index contributed by atoms with van der Waals surface area (Å²) < 4.78 is 206. The van der Waals surface area contributed by atoms with E-state index in [-0.39, 0.29) is 151 Å². The monoisotopic (exact) mass is 1860 g/mol. The van der Waals surface area contributed by atoms with E-state index in [1.54, 1.807) is 0 Å². The molecule has 10 aromatic rings. The van der Waals surface area contributed by atoms with E-state index in [2.05, 4.69) is 72.2 Å². The van der Waals surface area contributed by atoms with Crippen LogP contribution in [0.2, 0.25) is 10.6 Å². The van der Waals surface area contributed by atoms with E-state index in [0.717, 1.165) is 72.9 Å². The minimum Gasteiger partial charge on any atom is -0.478 e. The zero-order valence-corrected chi connectivity index (χ0v) is 67.0. The second-order valence-electron chi connectivity index (χ2n) is 24.1. The maximum absolute atomic E-state index is 13.4. The molecule has 8 aromatic carbocycles. The molecular formula is C68H53Cl2CrN16O28S6+7. The molecule has 0 unspecified atom stereocenters. The second-order valence-corrected chi connectivity index (χ2v) is 33.1. The van der Waals surface area contributed by atoms with Crippen LogP contribution in [-0.2, 0) is 78.1 Å². The van der Waals surface area contributed by atoms with Gasteiger partial charge in [-0.3, -0.25) is 68.0 Å². The predicted octanol–water partition coefficient (Wildman–Crippen LogP) is 11.1. The fourth-order valence-electron chi connectivity index (χ4n) is 10.9. The van der Waals surface area contributed by atoms with Crippen molar-refractivity contribution in [2.24, 2.45) is 10.2 Å². The van der Waals surface area contributed by atoms with Crippen LogP contribution in [0.25, 0.3) is 36.5 Å². The number of hydrogen-bond donors (Lipinski definition) is 14. The minimum absolute atomic E-state index is 0. The molecule has 0 atom stereocenters. The summed E-state index contributed by atoms with van der Waals surface area (Å²) in [7, 11) is -30.0. The molecule has 0 spiro atoms. The standard InChI is InChI=1S/2C34H23ClN8O14S3.Cr/c2*35-32-38-33(36-20-10-12-23-19(13-20)14-28(60(55,56)57)29(30(23)44)42-41-25-4-2-1-3-24(25)31(45)46)40-34(39-32)37-21-9-7-17(26(15-21)58(49,50)51)5-6-18-8-11-22(43(47)48)16-27(18)59(52,53)54;/h2*1-16,41H,(H,45,46)(H,49,50,51)(H,52,53,54)(H,55,56,57)(H2,36,37,38,39,40);/p+7/b2*6-5+,42-29+;. The van der Waals surface area contributed by atoms with E-state index in [9.17, 15) is 127 Å². The number of halogens is 2. The van der Waals surface area contributed by atoms with Gasteiger partial charge in [-0.15, -0.1) is 0 Å². The van der Waals surface area contributed by atoms with Crippen molar-refractivity contribution in [3.05, 3.63) is 254 Å². The van der Waals surface area contributed by atoms with E-state index in [1.165, 1.54) is 109 Å². The number of carboxylic acids is 2. The first-order chi connectivity index (χ1) is 56.2. The zero-order chi connectivity index (χ0) is 87.5. The number of nitrogens with zero attached hydrogens (tertiary/aromatic N) is 10. The Morgan fingerprint density at radius 1 is 0.397 bits per heavy atom.